The Hall–Kier alpha value is -1.16. The number of piperazine rings is 1. The molecule has 0 aliphatic carbocycles. The molecule has 1 atom stereocenters. The van der Waals surface area contributed by atoms with Gasteiger partial charge in [-0.25, -0.2) is 9.97 Å². The molecule has 2 rings (SSSR count). The van der Waals surface area contributed by atoms with E-state index in [9.17, 15) is 0 Å². The Kier molecular flexibility index (Phi) is 3.62. The van der Waals surface area contributed by atoms with Gasteiger partial charge in [-0.15, -0.1) is 0 Å². The first-order valence-electron chi connectivity index (χ1n) is 6.40. The van der Waals surface area contributed by atoms with E-state index in [0.717, 1.165) is 37.0 Å². The molecule has 1 aromatic rings. The number of anilines is 1. The molecule has 17 heavy (non-hydrogen) atoms. The Balaban J connectivity index is 2.25. The minimum absolute atomic E-state index is 0.454. The van der Waals surface area contributed by atoms with Gasteiger partial charge in [-0.1, -0.05) is 13.8 Å². The predicted octanol–water partition coefficient (Wildman–Crippen LogP) is 1.71. The Morgan fingerprint density at radius 1 is 1.41 bits per heavy atom. The first-order valence-corrected chi connectivity index (χ1v) is 6.40. The van der Waals surface area contributed by atoms with Gasteiger partial charge < -0.3 is 10.2 Å². The van der Waals surface area contributed by atoms with E-state index in [-0.39, 0.29) is 0 Å². The van der Waals surface area contributed by atoms with E-state index in [1.165, 1.54) is 0 Å². The monoisotopic (exact) mass is 234 g/mol. The van der Waals surface area contributed by atoms with E-state index in [2.05, 4.69) is 47.0 Å². The third kappa shape index (κ3) is 2.94. The summed E-state index contributed by atoms with van der Waals surface area (Å²) in [6, 6.07) is 2.59. The zero-order chi connectivity index (χ0) is 12.4. The van der Waals surface area contributed by atoms with Crippen LogP contribution in [0.2, 0.25) is 0 Å². The maximum Gasteiger partial charge on any atom is 0.225 e. The maximum atomic E-state index is 4.68. The zero-order valence-corrected chi connectivity index (χ0v) is 11.2. The minimum Gasteiger partial charge on any atom is -0.338 e. The lowest BCUT2D eigenvalue weighted by atomic mass is 10.1. The molecule has 94 valence electrons. The predicted molar refractivity (Wildman–Crippen MR) is 70.5 cm³/mol. The van der Waals surface area contributed by atoms with Crippen molar-refractivity contribution < 1.29 is 0 Å². The van der Waals surface area contributed by atoms with Gasteiger partial charge in [0.05, 0.1) is 0 Å². The van der Waals surface area contributed by atoms with E-state index < -0.39 is 0 Å². The highest BCUT2D eigenvalue weighted by molar-refractivity contribution is 5.34. The molecule has 1 fully saturated rings. The van der Waals surface area contributed by atoms with Crippen molar-refractivity contribution in [2.45, 2.75) is 39.7 Å². The number of nitrogens with zero attached hydrogens (tertiary/aromatic N) is 3. The van der Waals surface area contributed by atoms with Gasteiger partial charge in [-0.05, 0) is 25.8 Å². The molecule has 1 aliphatic rings. The van der Waals surface area contributed by atoms with Crippen LogP contribution in [-0.2, 0) is 0 Å². The Bertz CT molecular complexity index is 389. The highest BCUT2D eigenvalue weighted by atomic mass is 15.3. The van der Waals surface area contributed by atoms with E-state index in [1.54, 1.807) is 0 Å². The topological polar surface area (TPSA) is 41.1 Å². The van der Waals surface area contributed by atoms with Crippen LogP contribution in [0.4, 0.5) is 5.95 Å². The molecule has 4 heteroatoms. The van der Waals surface area contributed by atoms with Crippen LogP contribution in [0.5, 0.6) is 0 Å². The summed E-state index contributed by atoms with van der Waals surface area (Å²) in [5, 5.41) is 3.44. The fourth-order valence-corrected chi connectivity index (χ4v) is 2.13. The summed E-state index contributed by atoms with van der Waals surface area (Å²) in [5.41, 5.74) is 2.20. The highest BCUT2D eigenvalue weighted by Crippen LogP contribution is 2.17. The maximum absolute atomic E-state index is 4.68. The molecule has 0 saturated carbocycles. The van der Waals surface area contributed by atoms with Crippen LogP contribution in [0.25, 0.3) is 0 Å². The molecule has 0 unspecified atom stereocenters. The van der Waals surface area contributed by atoms with Gasteiger partial charge in [0.2, 0.25) is 5.95 Å². The quantitative estimate of drug-likeness (QED) is 0.845. The fourth-order valence-electron chi connectivity index (χ4n) is 2.13. The molecule has 1 aliphatic heterocycles. The summed E-state index contributed by atoms with van der Waals surface area (Å²) >= 11 is 0. The molecule has 1 aromatic heterocycles. The molecule has 2 heterocycles. The summed E-state index contributed by atoms with van der Waals surface area (Å²) in [6.45, 7) is 11.6. The third-order valence-electron chi connectivity index (χ3n) is 3.11. The summed E-state index contributed by atoms with van der Waals surface area (Å²) in [6.07, 6.45) is 0. The molecule has 0 radical (unpaired) electrons. The normalized spacial score (nSPS) is 21.0. The lowest BCUT2D eigenvalue weighted by molar-refractivity contribution is 0.478. The summed E-state index contributed by atoms with van der Waals surface area (Å²) in [4.78, 5) is 11.5. The summed E-state index contributed by atoms with van der Waals surface area (Å²) < 4.78 is 0. The first-order chi connectivity index (χ1) is 8.06. The summed E-state index contributed by atoms with van der Waals surface area (Å²) in [5.74, 6) is 1.35. The van der Waals surface area contributed by atoms with Gasteiger partial charge in [0, 0.05) is 37.1 Å². The van der Waals surface area contributed by atoms with Crippen LogP contribution >= 0.6 is 0 Å². The Morgan fingerprint density at radius 3 is 2.82 bits per heavy atom. The molecule has 1 N–H and O–H groups in total. The van der Waals surface area contributed by atoms with Crippen LogP contribution in [0.15, 0.2) is 6.07 Å². The molecule has 0 amide bonds. The number of aryl methyl sites for hydroxylation is 1. The van der Waals surface area contributed by atoms with E-state index in [0.29, 0.717) is 12.0 Å². The van der Waals surface area contributed by atoms with Gasteiger partial charge in [0.25, 0.3) is 0 Å². The SMILES string of the molecule is Cc1cc(C(C)C)nc(N2CCN[C@H](C)C2)n1. The highest BCUT2D eigenvalue weighted by Gasteiger charge is 2.19. The Morgan fingerprint density at radius 2 is 2.18 bits per heavy atom. The lowest BCUT2D eigenvalue weighted by Crippen LogP contribution is -2.49. The molecule has 0 bridgehead atoms. The number of hydrogen-bond acceptors (Lipinski definition) is 4. The summed E-state index contributed by atoms with van der Waals surface area (Å²) in [7, 11) is 0. The second kappa shape index (κ2) is 5.00. The van der Waals surface area contributed by atoms with Gasteiger partial charge in [0.15, 0.2) is 0 Å². The number of aromatic nitrogens is 2. The van der Waals surface area contributed by atoms with E-state index in [1.807, 2.05) is 6.92 Å². The van der Waals surface area contributed by atoms with Crippen molar-refractivity contribution >= 4 is 5.95 Å². The molecule has 4 nitrogen and oxygen atoms in total. The van der Waals surface area contributed by atoms with Crippen molar-refractivity contribution in [1.29, 1.82) is 0 Å². The van der Waals surface area contributed by atoms with Crippen molar-refractivity contribution in [3.05, 3.63) is 17.5 Å². The van der Waals surface area contributed by atoms with Gasteiger partial charge in [0.1, 0.15) is 0 Å². The smallest absolute Gasteiger partial charge is 0.225 e. The van der Waals surface area contributed by atoms with Crippen LogP contribution in [-0.4, -0.2) is 35.6 Å². The second-order valence-corrected chi connectivity index (χ2v) is 5.19. The van der Waals surface area contributed by atoms with Crippen LogP contribution in [0, 0.1) is 6.92 Å². The van der Waals surface area contributed by atoms with Crippen molar-refractivity contribution in [1.82, 2.24) is 15.3 Å². The zero-order valence-electron chi connectivity index (χ0n) is 11.2. The van der Waals surface area contributed by atoms with Crippen LogP contribution in [0.1, 0.15) is 38.1 Å². The molecule has 0 aromatic carbocycles. The minimum atomic E-state index is 0.454. The first kappa shape index (κ1) is 12.3. The average molecular weight is 234 g/mol. The molecule has 0 spiro atoms. The standard InChI is InChI=1S/C13H22N4/c1-9(2)12-7-10(3)15-13(16-12)17-6-5-14-11(4)8-17/h7,9,11,14H,5-6,8H2,1-4H3/t11-/m1/s1. The van der Waals surface area contributed by atoms with Crippen molar-refractivity contribution in [2.75, 3.05) is 24.5 Å². The number of nitrogens with one attached hydrogen (secondary N) is 1. The molecular weight excluding hydrogens is 212 g/mol. The van der Waals surface area contributed by atoms with Crippen molar-refractivity contribution in [2.24, 2.45) is 0 Å². The van der Waals surface area contributed by atoms with Crippen LogP contribution in [0.3, 0.4) is 0 Å². The third-order valence-corrected chi connectivity index (χ3v) is 3.11. The number of hydrogen-bond donors (Lipinski definition) is 1. The largest absolute Gasteiger partial charge is 0.338 e. The van der Waals surface area contributed by atoms with Crippen LogP contribution < -0.4 is 10.2 Å². The van der Waals surface area contributed by atoms with E-state index in [4.69, 9.17) is 0 Å². The molecular formula is C13H22N4. The van der Waals surface area contributed by atoms with Gasteiger partial charge >= 0.3 is 0 Å². The van der Waals surface area contributed by atoms with Crippen molar-refractivity contribution in [3.8, 4) is 0 Å². The number of rotatable bonds is 2. The second-order valence-electron chi connectivity index (χ2n) is 5.19. The lowest BCUT2D eigenvalue weighted by Gasteiger charge is -2.32. The van der Waals surface area contributed by atoms with Crippen molar-refractivity contribution in [3.63, 3.8) is 0 Å². The Labute approximate surface area is 103 Å². The van der Waals surface area contributed by atoms with Gasteiger partial charge in [-0.3, -0.25) is 0 Å². The van der Waals surface area contributed by atoms with E-state index >= 15 is 0 Å². The fraction of sp³-hybridized carbons (Fsp3) is 0.692. The molecule has 1 saturated heterocycles. The van der Waals surface area contributed by atoms with Gasteiger partial charge in [-0.2, -0.15) is 0 Å². The average Bonchev–Trinajstić information content (AvgIpc) is 2.28.